The molecule has 3 aromatic rings. The van der Waals surface area contributed by atoms with E-state index < -0.39 is 0 Å². The number of likely N-dealkylation sites (tertiary alicyclic amines) is 1. The highest BCUT2D eigenvalue weighted by Gasteiger charge is 2.28. The van der Waals surface area contributed by atoms with Gasteiger partial charge in [-0.05, 0) is 49.2 Å². The minimum Gasteiger partial charge on any atom is -0.325 e. The van der Waals surface area contributed by atoms with E-state index in [0.29, 0.717) is 13.1 Å². The van der Waals surface area contributed by atoms with Crippen molar-refractivity contribution in [2.24, 2.45) is 5.92 Å². The summed E-state index contributed by atoms with van der Waals surface area (Å²) in [6.07, 6.45) is 3.31. The number of piperidine rings is 1. The molecular weight excluding hydrogens is 352 g/mol. The molecule has 1 atom stereocenters. The zero-order valence-electron chi connectivity index (χ0n) is 15.5. The minimum absolute atomic E-state index is 0.0615. The van der Waals surface area contributed by atoms with E-state index in [1.807, 2.05) is 60.7 Å². The number of nitrogens with zero attached hydrogens (tertiary/aromatic N) is 2. The van der Waals surface area contributed by atoms with Gasteiger partial charge in [0, 0.05) is 30.4 Å². The summed E-state index contributed by atoms with van der Waals surface area (Å²) in [5.74, 6) is -0.296. The van der Waals surface area contributed by atoms with Crippen molar-refractivity contribution in [3.8, 4) is 0 Å². The average Bonchev–Trinajstić information content (AvgIpc) is 2.75. The molecule has 1 aliphatic heterocycles. The number of anilines is 2. The summed E-state index contributed by atoms with van der Waals surface area (Å²) < 4.78 is 0. The van der Waals surface area contributed by atoms with Gasteiger partial charge in [-0.1, -0.05) is 24.3 Å². The number of benzene rings is 2. The Kier molecular flexibility index (Phi) is 5.19. The second-order valence-corrected chi connectivity index (χ2v) is 6.95. The third-order valence-electron chi connectivity index (χ3n) is 5.01. The van der Waals surface area contributed by atoms with Gasteiger partial charge >= 0.3 is 6.03 Å². The van der Waals surface area contributed by atoms with Crippen LogP contribution >= 0.6 is 0 Å². The van der Waals surface area contributed by atoms with Gasteiger partial charge in [-0.25, -0.2) is 4.79 Å². The Labute approximate surface area is 163 Å². The number of carbonyl (C=O) groups excluding carboxylic acids is 2. The van der Waals surface area contributed by atoms with Crippen LogP contribution in [-0.4, -0.2) is 34.9 Å². The van der Waals surface area contributed by atoms with Crippen LogP contribution in [-0.2, 0) is 4.79 Å². The quantitative estimate of drug-likeness (QED) is 0.724. The van der Waals surface area contributed by atoms with Gasteiger partial charge in [-0.2, -0.15) is 0 Å². The molecule has 1 aromatic heterocycles. The highest BCUT2D eigenvalue weighted by Crippen LogP contribution is 2.24. The number of urea groups is 1. The molecule has 6 heteroatoms. The van der Waals surface area contributed by atoms with Crippen molar-refractivity contribution >= 4 is 34.2 Å². The van der Waals surface area contributed by atoms with Crippen molar-refractivity contribution < 1.29 is 9.59 Å². The minimum atomic E-state index is -0.234. The summed E-state index contributed by atoms with van der Waals surface area (Å²) in [5, 5.41) is 6.83. The predicted octanol–water partition coefficient (Wildman–Crippen LogP) is 4.12. The Morgan fingerprint density at radius 2 is 1.82 bits per heavy atom. The lowest BCUT2D eigenvalue weighted by Gasteiger charge is -2.32. The van der Waals surface area contributed by atoms with Crippen LogP contribution in [0.2, 0.25) is 0 Å². The molecule has 142 valence electrons. The lowest BCUT2D eigenvalue weighted by Crippen LogP contribution is -2.45. The van der Waals surface area contributed by atoms with Crippen LogP contribution < -0.4 is 10.6 Å². The molecule has 6 nitrogen and oxygen atoms in total. The van der Waals surface area contributed by atoms with Crippen LogP contribution in [0.5, 0.6) is 0 Å². The Bertz CT molecular complexity index is 985. The average molecular weight is 374 g/mol. The number of aromatic nitrogens is 1. The van der Waals surface area contributed by atoms with Crippen LogP contribution in [0, 0.1) is 5.92 Å². The van der Waals surface area contributed by atoms with Crippen LogP contribution in [0.3, 0.4) is 0 Å². The second kappa shape index (κ2) is 8.08. The molecule has 4 rings (SSSR count). The van der Waals surface area contributed by atoms with E-state index in [-0.39, 0.29) is 17.9 Å². The summed E-state index contributed by atoms with van der Waals surface area (Å²) in [4.78, 5) is 31.4. The molecule has 1 unspecified atom stereocenters. The van der Waals surface area contributed by atoms with Crippen LogP contribution in [0.25, 0.3) is 10.9 Å². The molecule has 0 bridgehead atoms. The van der Waals surface area contributed by atoms with E-state index in [1.54, 1.807) is 11.1 Å². The Hall–Kier alpha value is -3.41. The third-order valence-corrected chi connectivity index (χ3v) is 5.01. The van der Waals surface area contributed by atoms with Gasteiger partial charge in [-0.15, -0.1) is 0 Å². The van der Waals surface area contributed by atoms with Gasteiger partial charge in [0.05, 0.1) is 17.1 Å². The smallest absolute Gasteiger partial charge is 0.321 e. The molecule has 1 aliphatic rings. The van der Waals surface area contributed by atoms with Crippen molar-refractivity contribution in [2.45, 2.75) is 12.8 Å². The number of nitrogens with one attached hydrogen (secondary N) is 2. The Balaban J connectivity index is 1.42. The molecule has 0 spiro atoms. The number of hydrogen-bond donors (Lipinski definition) is 2. The molecule has 28 heavy (non-hydrogen) atoms. The maximum absolute atomic E-state index is 12.8. The SMILES string of the molecule is O=C(Nc1cccc2ncccc12)C1CCCN(C(=O)Nc2ccccc2)C1. The van der Waals surface area contributed by atoms with E-state index in [9.17, 15) is 9.59 Å². The molecule has 0 saturated carbocycles. The van der Waals surface area contributed by atoms with Crippen molar-refractivity contribution in [1.82, 2.24) is 9.88 Å². The fourth-order valence-electron chi connectivity index (χ4n) is 3.55. The molecule has 0 radical (unpaired) electrons. The molecule has 2 aromatic carbocycles. The highest BCUT2D eigenvalue weighted by atomic mass is 16.2. The lowest BCUT2D eigenvalue weighted by atomic mass is 9.97. The summed E-state index contributed by atoms with van der Waals surface area (Å²) in [7, 11) is 0. The zero-order chi connectivity index (χ0) is 19.3. The van der Waals surface area contributed by atoms with E-state index >= 15 is 0 Å². The van der Waals surface area contributed by atoms with Crippen molar-refractivity contribution in [3.63, 3.8) is 0 Å². The van der Waals surface area contributed by atoms with E-state index in [4.69, 9.17) is 0 Å². The van der Waals surface area contributed by atoms with Crippen molar-refractivity contribution in [1.29, 1.82) is 0 Å². The van der Waals surface area contributed by atoms with E-state index in [1.165, 1.54) is 0 Å². The molecule has 0 aliphatic carbocycles. The van der Waals surface area contributed by atoms with Crippen molar-refractivity contribution in [3.05, 3.63) is 66.9 Å². The first-order valence-electron chi connectivity index (χ1n) is 9.46. The number of hydrogen-bond acceptors (Lipinski definition) is 3. The first-order valence-corrected chi connectivity index (χ1v) is 9.46. The number of amides is 3. The standard InChI is InChI=1S/C22H22N4O2/c27-21(25-20-12-4-11-19-18(20)10-5-13-23-19)16-7-6-14-26(15-16)22(28)24-17-8-2-1-3-9-17/h1-5,8-13,16H,6-7,14-15H2,(H,24,28)(H,25,27). The van der Waals surface area contributed by atoms with Gasteiger partial charge in [0.15, 0.2) is 0 Å². The zero-order valence-corrected chi connectivity index (χ0v) is 15.5. The number of pyridine rings is 1. The highest BCUT2D eigenvalue weighted by molar-refractivity contribution is 6.02. The predicted molar refractivity (Wildman–Crippen MR) is 110 cm³/mol. The maximum Gasteiger partial charge on any atom is 0.321 e. The normalized spacial score (nSPS) is 16.6. The number of fused-ring (bicyclic) bond motifs is 1. The van der Waals surface area contributed by atoms with Gasteiger partial charge in [0.25, 0.3) is 0 Å². The number of carbonyl (C=O) groups is 2. The lowest BCUT2D eigenvalue weighted by molar-refractivity contribution is -0.121. The van der Waals surface area contributed by atoms with Crippen molar-refractivity contribution in [2.75, 3.05) is 23.7 Å². The molecule has 2 heterocycles. The summed E-state index contributed by atoms with van der Waals surface area (Å²) in [6, 6.07) is 18.7. The monoisotopic (exact) mass is 374 g/mol. The topological polar surface area (TPSA) is 74.3 Å². The van der Waals surface area contributed by atoms with Crippen LogP contribution in [0.15, 0.2) is 66.9 Å². The van der Waals surface area contributed by atoms with Crippen LogP contribution in [0.4, 0.5) is 16.2 Å². The molecular formula is C22H22N4O2. The molecule has 3 amide bonds. The first-order chi connectivity index (χ1) is 13.7. The van der Waals surface area contributed by atoms with E-state index in [2.05, 4.69) is 15.6 Å². The first kappa shape index (κ1) is 18.0. The fourth-order valence-corrected chi connectivity index (χ4v) is 3.55. The van der Waals surface area contributed by atoms with Gasteiger partial charge < -0.3 is 15.5 Å². The number of para-hydroxylation sites is 1. The van der Waals surface area contributed by atoms with Gasteiger partial charge in [0.1, 0.15) is 0 Å². The molecule has 1 fully saturated rings. The maximum atomic E-state index is 12.8. The summed E-state index contributed by atoms with van der Waals surface area (Å²) in [5.41, 5.74) is 2.34. The third kappa shape index (κ3) is 3.96. The largest absolute Gasteiger partial charge is 0.325 e. The Morgan fingerprint density at radius 3 is 2.68 bits per heavy atom. The molecule has 1 saturated heterocycles. The summed E-state index contributed by atoms with van der Waals surface area (Å²) in [6.45, 7) is 1.06. The number of rotatable bonds is 3. The Morgan fingerprint density at radius 1 is 0.964 bits per heavy atom. The van der Waals surface area contributed by atoms with Crippen LogP contribution in [0.1, 0.15) is 12.8 Å². The van der Waals surface area contributed by atoms with E-state index in [0.717, 1.165) is 35.1 Å². The van der Waals surface area contributed by atoms with Gasteiger partial charge in [-0.3, -0.25) is 9.78 Å². The second-order valence-electron chi connectivity index (χ2n) is 6.95. The fraction of sp³-hybridized carbons (Fsp3) is 0.227. The summed E-state index contributed by atoms with van der Waals surface area (Å²) >= 11 is 0. The van der Waals surface area contributed by atoms with Gasteiger partial charge in [0.2, 0.25) is 5.91 Å². The molecule has 2 N–H and O–H groups in total.